The lowest BCUT2D eigenvalue weighted by molar-refractivity contribution is 0.629. The zero-order valence-electron chi connectivity index (χ0n) is 11.2. The Morgan fingerprint density at radius 3 is 3.05 bits per heavy atom. The van der Waals surface area contributed by atoms with Gasteiger partial charge in [0.15, 0.2) is 0 Å². The van der Waals surface area contributed by atoms with Crippen LogP contribution in [0.4, 0.5) is 5.69 Å². The predicted molar refractivity (Wildman–Crippen MR) is 83.8 cm³/mol. The van der Waals surface area contributed by atoms with Gasteiger partial charge in [-0.3, -0.25) is 9.97 Å². The summed E-state index contributed by atoms with van der Waals surface area (Å²) in [7, 11) is 0. The van der Waals surface area contributed by atoms with Crippen LogP contribution >= 0.6 is 11.3 Å². The van der Waals surface area contributed by atoms with Gasteiger partial charge in [0, 0.05) is 29.8 Å². The number of pyridine rings is 2. The third kappa shape index (κ3) is 2.37. The fraction of sp³-hybridized carbons (Fsp3) is 0.200. The van der Waals surface area contributed by atoms with Crippen molar-refractivity contribution >= 4 is 27.2 Å². The van der Waals surface area contributed by atoms with Crippen molar-refractivity contribution in [3.8, 4) is 0 Å². The van der Waals surface area contributed by atoms with Gasteiger partial charge in [-0.1, -0.05) is 6.92 Å². The standard InChI is InChI=1S/C15H16N4S/c1-2-18-15(11-9-17-5-3-12(11)16)10-7-14-13(19-8-10)4-6-20-14/h3-9,15,18H,2H2,1H3,(H2,16,17). The molecule has 0 bridgehead atoms. The van der Waals surface area contributed by atoms with Gasteiger partial charge in [0.05, 0.1) is 16.3 Å². The van der Waals surface area contributed by atoms with Gasteiger partial charge in [-0.05, 0) is 35.7 Å². The van der Waals surface area contributed by atoms with E-state index in [1.807, 2.05) is 24.5 Å². The summed E-state index contributed by atoms with van der Waals surface area (Å²) in [5.74, 6) is 0. The summed E-state index contributed by atoms with van der Waals surface area (Å²) >= 11 is 1.70. The molecule has 0 amide bonds. The highest BCUT2D eigenvalue weighted by molar-refractivity contribution is 7.17. The molecule has 3 rings (SSSR count). The highest BCUT2D eigenvalue weighted by Crippen LogP contribution is 2.28. The lowest BCUT2D eigenvalue weighted by Gasteiger charge is -2.19. The molecule has 0 aliphatic carbocycles. The van der Waals surface area contributed by atoms with Crippen LogP contribution < -0.4 is 11.1 Å². The minimum atomic E-state index is 0.0210. The number of anilines is 1. The average Bonchev–Trinajstić information content (AvgIpc) is 2.93. The van der Waals surface area contributed by atoms with Crippen LogP contribution in [-0.4, -0.2) is 16.5 Å². The molecule has 1 unspecified atom stereocenters. The van der Waals surface area contributed by atoms with Gasteiger partial charge in [0.1, 0.15) is 0 Å². The molecule has 0 radical (unpaired) electrons. The second kappa shape index (κ2) is 5.56. The number of thiophene rings is 1. The molecule has 20 heavy (non-hydrogen) atoms. The molecule has 0 aliphatic rings. The summed E-state index contributed by atoms with van der Waals surface area (Å²) in [4.78, 5) is 8.70. The van der Waals surface area contributed by atoms with Gasteiger partial charge in [-0.25, -0.2) is 0 Å². The SMILES string of the molecule is CCNC(c1cnc2ccsc2c1)c1cnccc1N. The van der Waals surface area contributed by atoms with Gasteiger partial charge in [0.25, 0.3) is 0 Å². The lowest BCUT2D eigenvalue weighted by atomic mass is 10.0. The number of aromatic nitrogens is 2. The molecule has 0 saturated carbocycles. The van der Waals surface area contributed by atoms with E-state index in [-0.39, 0.29) is 6.04 Å². The first kappa shape index (κ1) is 13.0. The summed E-state index contributed by atoms with van der Waals surface area (Å²) in [5, 5.41) is 5.52. The van der Waals surface area contributed by atoms with Crippen LogP contribution in [0.1, 0.15) is 24.1 Å². The van der Waals surface area contributed by atoms with E-state index in [0.717, 1.165) is 28.9 Å². The molecule has 0 aromatic carbocycles. The third-order valence-corrected chi connectivity index (χ3v) is 4.12. The molecular weight excluding hydrogens is 268 g/mol. The molecule has 3 aromatic heterocycles. The highest BCUT2D eigenvalue weighted by Gasteiger charge is 2.17. The number of fused-ring (bicyclic) bond motifs is 1. The Morgan fingerprint density at radius 2 is 2.25 bits per heavy atom. The number of nitrogens with two attached hydrogens (primary N) is 1. The lowest BCUT2D eigenvalue weighted by Crippen LogP contribution is -2.23. The molecular formula is C15H16N4S. The minimum Gasteiger partial charge on any atom is -0.398 e. The van der Waals surface area contributed by atoms with Crippen molar-refractivity contribution in [1.82, 2.24) is 15.3 Å². The maximum absolute atomic E-state index is 6.08. The normalized spacial score (nSPS) is 12.7. The van der Waals surface area contributed by atoms with E-state index < -0.39 is 0 Å². The Hall–Kier alpha value is -1.98. The number of nitrogens with one attached hydrogen (secondary N) is 1. The van der Waals surface area contributed by atoms with Gasteiger partial charge >= 0.3 is 0 Å². The van der Waals surface area contributed by atoms with Gasteiger partial charge in [-0.2, -0.15) is 0 Å². The number of rotatable bonds is 4. The van der Waals surface area contributed by atoms with E-state index in [1.165, 1.54) is 4.70 Å². The molecule has 3 heterocycles. The van der Waals surface area contributed by atoms with E-state index in [0.29, 0.717) is 0 Å². The van der Waals surface area contributed by atoms with Crippen molar-refractivity contribution in [2.45, 2.75) is 13.0 Å². The molecule has 3 N–H and O–H groups in total. The van der Waals surface area contributed by atoms with Crippen LogP contribution in [0.15, 0.2) is 42.2 Å². The average molecular weight is 284 g/mol. The van der Waals surface area contributed by atoms with Crippen molar-refractivity contribution in [2.75, 3.05) is 12.3 Å². The highest BCUT2D eigenvalue weighted by atomic mass is 32.1. The molecule has 0 spiro atoms. The van der Waals surface area contributed by atoms with E-state index in [9.17, 15) is 0 Å². The van der Waals surface area contributed by atoms with Crippen molar-refractivity contribution < 1.29 is 0 Å². The second-order valence-corrected chi connectivity index (χ2v) is 5.52. The minimum absolute atomic E-state index is 0.0210. The van der Waals surface area contributed by atoms with Gasteiger partial charge in [-0.15, -0.1) is 11.3 Å². The largest absolute Gasteiger partial charge is 0.398 e. The van der Waals surface area contributed by atoms with Gasteiger partial charge < -0.3 is 11.1 Å². The summed E-state index contributed by atoms with van der Waals surface area (Å²) in [6.45, 7) is 2.93. The molecule has 3 aromatic rings. The Labute approximate surface area is 121 Å². The fourth-order valence-electron chi connectivity index (χ4n) is 2.29. The Bertz CT molecular complexity index is 722. The molecule has 4 nitrogen and oxygen atoms in total. The first-order valence-electron chi connectivity index (χ1n) is 6.55. The molecule has 0 fully saturated rings. The molecule has 0 saturated heterocycles. The van der Waals surface area contributed by atoms with E-state index in [2.05, 4.69) is 33.7 Å². The van der Waals surface area contributed by atoms with Crippen LogP contribution in [0.5, 0.6) is 0 Å². The maximum atomic E-state index is 6.08. The quantitative estimate of drug-likeness (QED) is 0.773. The summed E-state index contributed by atoms with van der Waals surface area (Å²) in [6, 6.07) is 6.06. The number of hydrogen-bond donors (Lipinski definition) is 2. The van der Waals surface area contributed by atoms with E-state index in [4.69, 9.17) is 5.73 Å². The predicted octanol–water partition coefficient (Wildman–Crippen LogP) is 2.97. The van der Waals surface area contributed by atoms with Crippen molar-refractivity contribution in [2.24, 2.45) is 0 Å². The number of nitrogen functional groups attached to an aromatic ring is 1. The van der Waals surface area contributed by atoms with Crippen molar-refractivity contribution in [3.05, 3.63) is 53.3 Å². The van der Waals surface area contributed by atoms with Crippen LogP contribution in [0.3, 0.4) is 0 Å². The molecule has 0 aliphatic heterocycles. The van der Waals surface area contributed by atoms with Crippen molar-refractivity contribution in [3.63, 3.8) is 0 Å². The third-order valence-electron chi connectivity index (χ3n) is 3.26. The molecule has 5 heteroatoms. The zero-order chi connectivity index (χ0) is 13.9. The summed E-state index contributed by atoms with van der Waals surface area (Å²) < 4.78 is 1.19. The Balaban J connectivity index is 2.07. The smallest absolute Gasteiger partial charge is 0.0809 e. The number of nitrogens with zero attached hydrogens (tertiary/aromatic N) is 2. The van der Waals surface area contributed by atoms with Crippen molar-refractivity contribution in [1.29, 1.82) is 0 Å². The monoisotopic (exact) mass is 284 g/mol. The first-order valence-corrected chi connectivity index (χ1v) is 7.43. The molecule has 1 atom stereocenters. The summed E-state index contributed by atoms with van der Waals surface area (Å²) in [6.07, 6.45) is 5.44. The molecule has 102 valence electrons. The van der Waals surface area contributed by atoms with E-state index >= 15 is 0 Å². The second-order valence-electron chi connectivity index (χ2n) is 4.57. The van der Waals surface area contributed by atoms with Gasteiger partial charge in [0.2, 0.25) is 0 Å². The Morgan fingerprint density at radius 1 is 1.35 bits per heavy atom. The maximum Gasteiger partial charge on any atom is 0.0809 e. The van der Waals surface area contributed by atoms with Crippen LogP contribution in [0, 0.1) is 0 Å². The van der Waals surface area contributed by atoms with Crippen LogP contribution in [0.25, 0.3) is 10.2 Å². The van der Waals surface area contributed by atoms with Crippen LogP contribution in [-0.2, 0) is 0 Å². The van der Waals surface area contributed by atoms with Crippen LogP contribution in [0.2, 0.25) is 0 Å². The Kier molecular flexibility index (Phi) is 3.62. The fourth-order valence-corrected chi connectivity index (χ4v) is 3.08. The first-order chi connectivity index (χ1) is 9.79. The topological polar surface area (TPSA) is 63.8 Å². The zero-order valence-corrected chi connectivity index (χ0v) is 12.0. The number of hydrogen-bond acceptors (Lipinski definition) is 5. The summed E-state index contributed by atoms with van der Waals surface area (Å²) in [5.41, 5.74) is 9.97. The van der Waals surface area contributed by atoms with E-state index in [1.54, 1.807) is 17.5 Å².